The summed E-state index contributed by atoms with van der Waals surface area (Å²) in [6, 6.07) is 12.2. The maximum absolute atomic E-state index is 12.3. The van der Waals surface area contributed by atoms with Crippen molar-refractivity contribution in [3.63, 3.8) is 0 Å². The van der Waals surface area contributed by atoms with Gasteiger partial charge >= 0.3 is 5.97 Å². The van der Waals surface area contributed by atoms with Gasteiger partial charge in [-0.1, -0.05) is 18.2 Å². The molecular weight excluding hydrogens is 328 g/mol. The summed E-state index contributed by atoms with van der Waals surface area (Å²) >= 11 is 0. The molecule has 0 fully saturated rings. The second kappa shape index (κ2) is 5.90. The van der Waals surface area contributed by atoms with Crippen molar-refractivity contribution in [1.82, 2.24) is 0 Å². The fourth-order valence-corrected chi connectivity index (χ4v) is 4.13. The lowest BCUT2D eigenvalue weighted by Gasteiger charge is -2.06. The molecule has 22 heavy (non-hydrogen) atoms. The Morgan fingerprint density at radius 3 is 1.73 bits per heavy atom. The van der Waals surface area contributed by atoms with Crippen molar-refractivity contribution in [2.45, 2.75) is 14.7 Å². The minimum absolute atomic E-state index is 0.0621. The molecule has 0 aliphatic rings. The summed E-state index contributed by atoms with van der Waals surface area (Å²) in [7, 11) is -7.72. The molecule has 2 rings (SSSR count). The quantitative estimate of drug-likeness (QED) is 0.881. The van der Waals surface area contributed by atoms with E-state index in [-0.39, 0.29) is 14.7 Å². The molecule has 0 bridgehead atoms. The fourth-order valence-electron chi connectivity index (χ4n) is 1.81. The molecule has 0 aliphatic heterocycles. The van der Waals surface area contributed by atoms with E-state index in [1.807, 2.05) is 0 Å². The Labute approximate surface area is 127 Å². The van der Waals surface area contributed by atoms with Crippen molar-refractivity contribution >= 4 is 25.6 Å². The summed E-state index contributed by atoms with van der Waals surface area (Å²) in [5.74, 6) is -2.52. The van der Waals surface area contributed by atoms with Crippen molar-refractivity contribution in [2.75, 3.05) is 5.75 Å². The average molecular weight is 340 g/mol. The molecule has 0 atom stereocenters. The van der Waals surface area contributed by atoms with Crippen LogP contribution in [-0.4, -0.2) is 33.7 Å². The minimum atomic E-state index is -3.98. The number of carboxylic acid groups (broad SMARTS) is 1. The number of benzene rings is 2. The number of carbonyl (C=O) groups is 1. The molecule has 116 valence electrons. The molecule has 6 nitrogen and oxygen atoms in total. The predicted octanol–water partition coefficient (Wildman–Crippen LogP) is 1.38. The van der Waals surface area contributed by atoms with Gasteiger partial charge in [-0.05, 0) is 36.4 Å². The van der Waals surface area contributed by atoms with Crippen LogP contribution in [0.1, 0.15) is 0 Å². The van der Waals surface area contributed by atoms with Gasteiger partial charge in [0.2, 0.25) is 9.84 Å². The first-order chi connectivity index (χ1) is 10.2. The highest BCUT2D eigenvalue weighted by molar-refractivity contribution is 7.92. The molecule has 0 saturated carbocycles. The van der Waals surface area contributed by atoms with Gasteiger partial charge in [0.1, 0.15) is 0 Å². The van der Waals surface area contributed by atoms with Crippen LogP contribution in [0.15, 0.2) is 69.3 Å². The molecule has 0 heterocycles. The molecule has 0 radical (unpaired) electrons. The molecule has 2 aromatic carbocycles. The van der Waals surface area contributed by atoms with Crippen molar-refractivity contribution in [3.8, 4) is 0 Å². The predicted molar refractivity (Wildman–Crippen MR) is 78.0 cm³/mol. The van der Waals surface area contributed by atoms with E-state index in [4.69, 9.17) is 5.11 Å². The van der Waals surface area contributed by atoms with Gasteiger partial charge in [-0.25, -0.2) is 16.8 Å². The molecule has 8 heteroatoms. The Kier molecular flexibility index (Phi) is 4.34. The van der Waals surface area contributed by atoms with Crippen LogP contribution in [0.4, 0.5) is 0 Å². The maximum atomic E-state index is 12.3. The molecule has 2 aromatic rings. The van der Waals surface area contributed by atoms with E-state index in [9.17, 15) is 21.6 Å². The Balaban J connectivity index is 2.40. The van der Waals surface area contributed by atoms with Crippen LogP contribution >= 0.6 is 0 Å². The van der Waals surface area contributed by atoms with Crippen molar-refractivity contribution in [3.05, 3.63) is 54.6 Å². The number of aliphatic carboxylic acids is 1. The smallest absolute Gasteiger partial charge is 0.319 e. The standard InChI is InChI=1S/C14H12O6S2/c15-14(16)10-21(17,18)11-6-8-13(9-7-11)22(19,20)12-4-2-1-3-5-12/h1-9H,10H2,(H,15,16). The van der Waals surface area contributed by atoms with Gasteiger partial charge < -0.3 is 5.11 Å². The summed E-state index contributed by atoms with van der Waals surface area (Å²) < 4.78 is 48.1. The number of rotatable bonds is 5. The van der Waals surface area contributed by atoms with Gasteiger partial charge in [0.15, 0.2) is 15.6 Å². The highest BCUT2D eigenvalue weighted by Crippen LogP contribution is 2.22. The van der Waals surface area contributed by atoms with Crippen LogP contribution in [0.2, 0.25) is 0 Å². The lowest BCUT2D eigenvalue weighted by atomic mass is 10.4. The number of sulfone groups is 2. The summed E-state index contributed by atoms with van der Waals surface area (Å²) in [6.45, 7) is 0. The zero-order valence-corrected chi connectivity index (χ0v) is 12.8. The van der Waals surface area contributed by atoms with Crippen molar-refractivity contribution < 1.29 is 26.7 Å². The Morgan fingerprint density at radius 2 is 1.23 bits per heavy atom. The van der Waals surface area contributed by atoms with Crippen LogP contribution in [0, 0.1) is 0 Å². The highest BCUT2D eigenvalue weighted by Gasteiger charge is 2.21. The third-order valence-electron chi connectivity index (χ3n) is 2.86. The van der Waals surface area contributed by atoms with Crippen LogP contribution in [-0.2, 0) is 24.5 Å². The Bertz CT molecular complexity index is 882. The van der Waals surface area contributed by atoms with E-state index in [1.165, 1.54) is 12.1 Å². The monoisotopic (exact) mass is 340 g/mol. The second-order valence-electron chi connectivity index (χ2n) is 4.44. The summed E-state index contributed by atoms with van der Waals surface area (Å²) in [5, 5.41) is 8.57. The van der Waals surface area contributed by atoms with Crippen LogP contribution in [0.5, 0.6) is 0 Å². The third kappa shape index (κ3) is 3.34. The van der Waals surface area contributed by atoms with Crippen molar-refractivity contribution in [1.29, 1.82) is 0 Å². The molecule has 0 spiro atoms. The van der Waals surface area contributed by atoms with Gasteiger partial charge in [-0.3, -0.25) is 4.79 Å². The largest absolute Gasteiger partial charge is 0.480 e. The van der Waals surface area contributed by atoms with E-state index in [1.54, 1.807) is 18.2 Å². The third-order valence-corrected chi connectivity index (χ3v) is 6.26. The minimum Gasteiger partial charge on any atom is -0.480 e. The molecule has 1 N–H and O–H groups in total. The number of hydrogen-bond acceptors (Lipinski definition) is 5. The Morgan fingerprint density at radius 1 is 0.773 bits per heavy atom. The highest BCUT2D eigenvalue weighted by atomic mass is 32.2. The van der Waals surface area contributed by atoms with E-state index >= 15 is 0 Å². The lowest BCUT2D eigenvalue weighted by molar-refractivity contribution is -0.134. The number of carboxylic acids is 1. The van der Waals surface area contributed by atoms with Gasteiger partial charge in [0.25, 0.3) is 0 Å². The van der Waals surface area contributed by atoms with E-state index in [0.717, 1.165) is 24.3 Å². The van der Waals surface area contributed by atoms with Crippen LogP contribution in [0.25, 0.3) is 0 Å². The molecule has 0 saturated heterocycles. The van der Waals surface area contributed by atoms with E-state index in [0.29, 0.717) is 0 Å². The zero-order valence-electron chi connectivity index (χ0n) is 11.2. The Hall–Kier alpha value is -2.19. The van der Waals surface area contributed by atoms with Gasteiger partial charge in [0.05, 0.1) is 14.7 Å². The summed E-state index contributed by atoms with van der Waals surface area (Å²) in [4.78, 5) is 10.3. The average Bonchev–Trinajstić information content (AvgIpc) is 2.47. The zero-order chi connectivity index (χ0) is 16.4. The van der Waals surface area contributed by atoms with E-state index in [2.05, 4.69) is 0 Å². The second-order valence-corrected chi connectivity index (χ2v) is 8.38. The molecule has 0 unspecified atom stereocenters. The molecule has 0 aliphatic carbocycles. The number of hydrogen-bond donors (Lipinski definition) is 1. The van der Waals surface area contributed by atoms with Crippen molar-refractivity contribution in [2.24, 2.45) is 0 Å². The SMILES string of the molecule is O=C(O)CS(=O)(=O)c1ccc(S(=O)(=O)c2ccccc2)cc1. The first-order valence-electron chi connectivity index (χ1n) is 6.08. The normalized spacial score (nSPS) is 12.0. The van der Waals surface area contributed by atoms with Gasteiger partial charge in [0, 0.05) is 0 Å². The lowest BCUT2D eigenvalue weighted by Crippen LogP contribution is -2.15. The maximum Gasteiger partial charge on any atom is 0.319 e. The van der Waals surface area contributed by atoms with Crippen LogP contribution in [0.3, 0.4) is 0 Å². The fraction of sp³-hybridized carbons (Fsp3) is 0.0714. The topological polar surface area (TPSA) is 106 Å². The van der Waals surface area contributed by atoms with Gasteiger partial charge in [-0.2, -0.15) is 0 Å². The van der Waals surface area contributed by atoms with E-state index < -0.39 is 31.4 Å². The molecular formula is C14H12O6S2. The van der Waals surface area contributed by atoms with Crippen LogP contribution < -0.4 is 0 Å². The molecule has 0 amide bonds. The summed E-state index contributed by atoms with van der Waals surface area (Å²) in [5.41, 5.74) is 0. The first kappa shape index (κ1) is 16.2. The first-order valence-corrected chi connectivity index (χ1v) is 9.22. The van der Waals surface area contributed by atoms with Gasteiger partial charge in [-0.15, -0.1) is 0 Å². The molecule has 0 aromatic heterocycles. The summed E-state index contributed by atoms with van der Waals surface area (Å²) in [6.07, 6.45) is 0.